The molecule has 0 heterocycles. The third-order valence-electron chi connectivity index (χ3n) is 2.36. The van der Waals surface area contributed by atoms with Crippen molar-refractivity contribution in [2.45, 2.75) is 54.1 Å². The highest BCUT2D eigenvalue weighted by molar-refractivity contribution is 7.53. The lowest BCUT2D eigenvalue weighted by molar-refractivity contribution is 0.0793. The molecule has 0 spiro atoms. The lowest BCUT2D eigenvalue weighted by Crippen LogP contribution is -2.25. The Morgan fingerprint density at radius 1 is 1.27 bits per heavy atom. The molecular formula is C11H25O3P. The molecule has 0 amide bonds. The first-order valence-corrected chi connectivity index (χ1v) is 7.40. The third kappa shape index (κ3) is 5.70. The molecule has 3 nitrogen and oxygen atoms in total. The first kappa shape index (κ1) is 15.2. The standard InChI is InChI=1S/C11H25O3P/c1-7-9-15(12,13-8-2)14-10(3)11(4,5)6/h10H,7-9H2,1-6H3. The SMILES string of the molecule is CCCP(=O)(OCC)OC(C)C(C)(C)C. The van der Waals surface area contributed by atoms with Gasteiger partial charge in [0, 0.05) is 6.16 Å². The maximum Gasteiger partial charge on any atom is 0.330 e. The van der Waals surface area contributed by atoms with Crippen LogP contribution in [0.4, 0.5) is 0 Å². The van der Waals surface area contributed by atoms with Gasteiger partial charge in [-0.05, 0) is 25.7 Å². The Balaban J connectivity index is 4.48. The van der Waals surface area contributed by atoms with Crippen LogP contribution >= 0.6 is 7.60 Å². The highest BCUT2D eigenvalue weighted by Gasteiger charge is 2.31. The Kier molecular flexibility index (Phi) is 6.09. The average molecular weight is 236 g/mol. The molecule has 4 heteroatoms. The quantitative estimate of drug-likeness (QED) is 0.652. The van der Waals surface area contributed by atoms with E-state index in [1.54, 1.807) is 0 Å². The molecule has 0 radical (unpaired) electrons. The molecule has 0 aliphatic heterocycles. The molecule has 15 heavy (non-hydrogen) atoms. The van der Waals surface area contributed by atoms with Crippen molar-refractivity contribution in [3.05, 3.63) is 0 Å². The van der Waals surface area contributed by atoms with Gasteiger partial charge in [-0.3, -0.25) is 4.57 Å². The third-order valence-corrected chi connectivity index (χ3v) is 4.65. The Morgan fingerprint density at radius 3 is 2.13 bits per heavy atom. The van der Waals surface area contributed by atoms with Crippen LogP contribution in [0.5, 0.6) is 0 Å². The zero-order chi connectivity index (χ0) is 12.1. The second-order valence-corrected chi connectivity index (χ2v) is 7.00. The fourth-order valence-corrected chi connectivity index (χ4v) is 3.05. The predicted octanol–water partition coefficient (Wildman–Crippen LogP) is 4.08. The van der Waals surface area contributed by atoms with Crippen LogP contribution in [0.1, 0.15) is 48.0 Å². The number of hydrogen-bond acceptors (Lipinski definition) is 3. The minimum absolute atomic E-state index is 0.0134. The van der Waals surface area contributed by atoms with Crippen LogP contribution in [-0.4, -0.2) is 18.9 Å². The van der Waals surface area contributed by atoms with Crippen molar-refractivity contribution >= 4 is 7.60 Å². The van der Waals surface area contributed by atoms with Crippen LogP contribution in [0.2, 0.25) is 0 Å². The summed E-state index contributed by atoms with van der Waals surface area (Å²) in [4.78, 5) is 0. The van der Waals surface area contributed by atoms with E-state index < -0.39 is 7.60 Å². The molecule has 2 unspecified atom stereocenters. The highest BCUT2D eigenvalue weighted by Crippen LogP contribution is 2.51. The van der Waals surface area contributed by atoms with E-state index in [2.05, 4.69) is 20.8 Å². The van der Waals surface area contributed by atoms with Gasteiger partial charge in [-0.25, -0.2) is 0 Å². The van der Waals surface area contributed by atoms with Crippen molar-refractivity contribution in [1.82, 2.24) is 0 Å². The summed E-state index contributed by atoms with van der Waals surface area (Å²) in [5.74, 6) is 0. The van der Waals surface area contributed by atoms with Crippen LogP contribution in [0, 0.1) is 5.41 Å². The lowest BCUT2D eigenvalue weighted by Gasteiger charge is -2.30. The van der Waals surface area contributed by atoms with Crippen LogP contribution in [0.3, 0.4) is 0 Å². The highest BCUT2D eigenvalue weighted by atomic mass is 31.2. The maximum atomic E-state index is 12.2. The fourth-order valence-electron chi connectivity index (χ4n) is 1.02. The van der Waals surface area contributed by atoms with Crippen LogP contribution in [-0.2, 0) is 13.6 Å². The summed E-state index contributed by atoms with van der Waals surface area (Å²) < 4.78 is 23.1. The molecule has 0 N–H and O–H groups in total. The van der Waals surface area contributed by atoms with Gasteiger partial charge in [-0.15, -0.1) is 0 Å². The number of rotatable bonds is 6. The van der Waals surface area contributed by atoms with Gasteiger partial charge < -0.3 is 9.05 Å². The van der Waals surface area contributed by atoms with Crippen molar-refractivity contribution in [2.75, 3.05) is 12.8 Å². The summed E-state index contributed by atoms with van der Waals surface area (Å²) in [5, 5.41) is 0. The molecule has 0 fully saturated rings. The summed E-state index contributed by atoms with van der Waals surface area (Å²) in [5.41, 5.74) is -0.0134. The predicted molar refractivity (Wildman–Crippen MR) is 64.4 cm³/mol. The van der Waals surface area contributed by atoms with Gasteiger partial charge in [0.25, 0.3) is 0 Å². The molecule has 0 aliphatic rings. The Hall–Kier alpha value is 0.150. The molecule has 0 rings (SSSR count). The van der Waals surface area contributed by atoms with Gasteiger partial charge in [0.15, 0.2) is 0 Å². The molecule has 2 atom stereocenters. The van der Waals surface area contributed by atoms with E-state index in [1.807, 2.05) is 20.8 Å². The van der Waals surface area contributed by atoms with Crippen LogP contribution in [0.15, 0.2) is 0 Å². The minimum atomic E-state index is -2.87. The van der Waals surface area contributed by atoms with Gasteiger partial charge in [-0.1, -0.05) is 27.7 Å². The van der Waals surface area contributed by atoms with Crippen LogP contribution in [0.25, 0.3) is 0 Å². The van der Waals surface area contributed by atoms with Gasteiger partial charge in [0.1, 0.15) is 0 Å². The van der Waals surface area contributed by atoms with Gasteiger partial charge in [0.2, 0.25) is 0 Å². The van der Waals surface area contributed by atoms with Gasteiger partial charge in [0.05, 0.1) is 12.7 Å². The molecule has 0 saturated carbocycles. The monoisotopic (exact) mass is 236 g/mol. The second kappa shape index (κ2) is 6.03. The molecule has 0 aromatic carbocycles. The van der Waals surface area contributed by atoms with E-state index in [0.717, 1.165) is 6.42 Å². The smallest absolute Gasteiger partial charge is 0.309 e. The second-order valence-electron chi connectivity index (χ2n) is 4.87. The number of hydrogen-bond donors (Lipinski definition) is 0. The molecule has 0 bridgehead atoms. The average Bonchev–Trinajstić information content (AvgIpc) is 2.02. The van der Waals surface area contributed by atoms with Gasteiger partial charge >= 0.3 is 7.60 Å². The summed E-state index contributed by atoms with van der Waals surface area (Å²) >= 11 is 0. The van der Waals surface area contributed by atoms with E-state index in [1.165, 1.54) is 0 Å². The maximum absolute atomic E-state index is 12.2. The van der Waals surface area contributed by atoms with Gasteiger partial charge in [-0.2, -0.15) is 0 Å². The fraction of sp³-hybridized carbons (Fsp3) is 1.00. The summed E-state index contributed by atoms with van der Waals surface area (Å²) in [6.45, 7) is 12.4. The van der Waals surface area contributed by atoms with Crippen molar-refractivity contribution in [3.8, 4) is 0 Å². The van der Waals surface area contributed by atoms with Crippen molar-refractivity contribution < 1.29 is 13.6 Å². The van der Waals surface area contributed by atoms with Crippen molar-refractivity contribution in [2.24, 2.45) is 5.41 Å². The zero-order valence-electron chi connectivity index (χ0n) is 10.9. The van der Waals surface area contributed by atoms with Crippen molar-refractivity contribution in [3.63, 3.8) is 0 Å². The molecular weight excluding hydrogens is 211 g/mol. The molecule has 0 aromatic rings. The molecule has 0 aromatic heterocycles. The van der Waals surface area contributed by atoms with Crippen LogP contribution < -0.4 is 0 Å². The van der Waals surface area contributed by atoms with E-state index in [0.29, 0.717) is 12.8 Å². The van der Waals surface area contributed by atoms with E-state index in [9.17, 15) is 4.57 Å². The first-order chi connectivity index (χ1) is 6.75. The van der Waals surface area contributed by atoms with Crippen molar-refractivity contribution in [1.29, 1.82) is 0 Å². The normalized spacial score (nSPS) is 18.5. The summed E-state index contributed by atoms with van der Waals surface area (Å²) in [6.07, 6.45) is 1.25. The molecule has 0 aliphatic carbocycles. The zero-order valence-corrected chi connectivity index (χ0v) is 11.8. The Labute approximate surface area is 94.1 Å². The van der Waals surface area contributed by atoms with E-state index in [-0.39, 0.29) is 11.5 Å². The summed E-state index contributed by atoms with van der Waals surface area (Å²) in [7, 11) is -2.87. The minimum Gasteiger partial charge on any atom is -0.309 e. The molecule has 92 valence electrons. The largest absolute Gasteiger partial charge is 0.330 e. The Bertz CT molecular complexity index is 210. The van der Waals surface area contributed by atoms with E-state index in [4.69, 9.17) is 9.05 Å². The Morgan fingerprint density at radius 2 is 1.80 bits per heavy atom. The first-order valence-electron chi connectivity index (χ1n) is 5.67. The van der Waals surface area contributed by atoms with E-state index >= 15 is 0 Å². The molecule has 0 saturated heterocycles. The summed E-state index contributed by atoms with van der Waals surface area (Å²) in [6, 6.07) is 0. The topological polar surface area (TPSA) is 35.5 Å². The lowest BCUT2D eigenvalue weighted by atomic mass is 9.91.